The smallest absolute Gasteiger partial charge is 0.290 e. The molecule has 1 aromatic rings. The molecule has 0 saturated heterocycles. The van der Waals surface area contributed by atoms with Crippen molar-refractivity contribution in [2.24, 2.45) is 0 Å². The summed E-state index contributed by atoms with van der Waals surface area (Å²) in [6.07, 6.45) is 1.72. The van der Waals surface area contributed by atoms with Crippen molar-refractivity contribution in [1.82, 2.24) is 20.9 Å². The van der Waals surface area contributed by atoms with Gasteiger partial charge in [0.15, 0.2) is 0 Å². The third-order valence-electron chi connectivity index (χ3n) is 5.31. The van der Waals surface area contributed by atoms with Crippen LogP contribution in [-0.4, -0.2) is 81.1 Å². The Labute approximate surface area is 201 Å². The van der Waals surface area contributed by atoms with E-state index in [0.717, 1.165) is 11.8 Å². The Hall–Kier alpha value is -2.79. The monoisotopic (exact) mass is 496 g/mol. The molecule has 3 unspecified atom stereocenters. The average Bonchev–Trinajstić information content (AvgIpc) is 2.79. The highest BCUT2D eigenvalue weighted by molar-refractivity contribution is 7.90. The molecule has 0 aliphatic heterocycles. The molecule has 0 fully saturated rings. The van der Waals surface area contributed by atoms with E-state index < -0.39 is 57.7 Å². The molecule has 190 valence electrons. The van der Waals surface area contributed by atoms with E-state index in [1.165, 1.54) is 0 Å². The van der Waals surface area contributed by atoms with Gasteiger partial charge in [0.1, 0.15) is 15.9 Å². The lowest BCUT2D eigenvalue weighted by Crippen LogP contribution is -2.55. The molecule has 0 saturated carbocycles. The number of Topliss-reactive ketones (excluding diaryl/α,β-unsaturated/α-hetero) is 1. The van der Waals surface area contributed by atoms with Crippen LogP contribution in [0.4, 0.5) is 0 Å². The maximum Gasteiger partial charge on any atom is 0.290 e. The van der Waals surface area contributed by atoms with E-state index in [9.17, 15) is 27.6 Å². The maximum atomic E-state index is 12.8. The van der Waals surface area contributed by atoms with Crippen molar-refractivity contribution in [1.29, 1.82) is 0 Å². The van der Waals surface area contributed by atoms with Gasteiger partial charge in [-0.15, -0.1) is 0 Å². The maximum absolute atomic E-state index is 12.8. The van der Waals surface area contributed by atoms with Crippen molar-refractivity contribution in [3.63, 3.8) is 0 Å². The average molecular weight is 497 g/mol. The van der Waals surface area contributed by atoms with Gasteiger partial charge < -0.3 is 16.0 Å². The van der Waals surface area contributed by atoms with E-state index in [2.05, 4.69) is 16.0 Å². The largest absolute Gasteiger partial charge is 0.348 e. The van der Waals surface area contributed by atoms with Gasteiger partial charge in [0.05, 0.1) is 24.4 Å². The minimum atomic E-state index is -3.47. The third-order valence-corrected chi connectivity index (χ3v) is 6.24. The van der Waals surface area contributed by atoms with E-state index in [1.807, 2.05) is 30.3 Å². The summed E-state index contributed by atoms with van der Waals surface area (Å²) in [5, 5.41) is 7.55. The van der Waals surface area contributed by atoms with Crippen molar-refractivity contribution < 1.29 is 27.6 Å². The molecule has 0 aliphatic rings. The first-order valence-electron chi connectivity index (χ1n) is 11.2. The Morgan fingerprint density at radius 2 is 1.65 bits per heavy atom. The van der Waals surface area contributed by atoms with Crippen molar-refractivity contribution in [3.05, 3.63) is 35.9 Å². The standard InChI is InChI=1S/C23H36N4O6S/c1-6-11-18(26-22(30)19(27(4)7-2)15-34(5,32)33)21(29)23(31)24-14-20(28)25-16(3)17-12-9-8-10-13-17/h8-10,12-13,16,18-19H,6-7,11,14-15H2,1-5H3,(H,24,31)(H,25,28)(H,26,30). The van der Waals surface area contributed by atoms with Crippen LogP contribution in [0.1, 0.15) is 45.2 Å². The minimum Gasteiger partial charge on any atom is -0.348 e. The number of ketones is 1. The van der Waals surface area contributed by atoms with Gasteiger partial charge in [0.2, 0.25) is 17.6 Å². The third kappa shape index (κ3) is 10.0. The van der Waals surface area contributed by atoms with Gasteiger partial charge in [-0.3, -0.25) is 24.1 Å². The number of nitrogens with zero attached hydrogens (tertiary/aromatic N) is 1. The highest BCUT2D eigenvalue weighted by atomic mass is 32.2. The van der Waals surface area contributed by atoms with Crippen molar-refractivity contribution >= 4 is 33.3 Å². The van der Waals surface area contributed by atoms with Crippen LogP contribution in [-0.2, 0) is 29.0 Å². The fourth-order valence-electron chi connectivity index (χ4n) is 3.26. The van der Waals surface area contributed by atoms with Crippen LogP contribution in [0.15, 0.2) is 30.3 Å². The second kappa shape index (κ2) is 13.8. The highest BCUT2D eigenvalue weighted by Crippen LogP contribution is 2.10. The molecule has 3 atom stereocenters. The van der Waals surface area contributed by atoms with Crippen LogP contribution in [0.25, 0.3) is 0 Å². The molecule has 11 heteroatoms. The summed E-state index contributed by atoms with van der Waals surface area (Å²) in [6.45, 7) is 5.37. The van der Waals surface area contributed by atoms with Gasteiger partial charge in [-0.25, -0.2) is 8.42 Å². The van der Waals surface area contributed by atoms with Gasteiger partial charge in [0.25, 0.3) is 5.91 Å². The Morgan fingerprint density at radius 3 is 2.18 bits per heavy atom. The molecule has 0 bridgehead atoms. The van der Waals surface area contributed by atoms with Crippen LogP contribution >= 0.6 is 0 Å². The van der Waals surface area contributed by atoms with E-state index in [-0.39, 0.29) is 12.5 Å². The Balaban J connectivity index is 2.75. The van der Waals surface area contributed by atoms with Crippen molar-refractivity contribution in [2.75, 3.05) is 32.1 Å². The first-order chi connectivity index (χ1) is 15.9. The zero-order valence-electron chi connectivity index (χ0n) is 20.5. The zero-order valence-corrected chi connectivity index (χ0v) is 21.3. The van der Waals surface area contributed by atoms with Crippen LogP contribution < -0.4 is 16.0 Å². The molecule has 0 aliphatic carbocycles. The fraction of sp³-hybridized carbons (Fsp3) is 0.565. The van der Waals surface area contributed by atoms with E-state index in [4.69, 9.17) is 0 Å². The number of sulfone groups is 1. The number of carbonyl (C=O) groups excluding carboxylic acids is 4. The topological polar surface area (TPSA) is 142 Å². The summed E-state index contributed by atoms with van der Waals surface area (Å²) >= 11 is 0. The number of likely N-dealkylation sites (N-methyl/N-ethyl adjacent to an activating group) is 1. The highest BCUT2D eigenvalue weighted by Gasteiger charge is 2.32. The predicted molar refractivity (Wildman–Crippen MR) is 130 cm³/mol. The van der Waals surface area contributed by atoms with Gasteiger partial charge in [-0.1, -0.05) is 50.6 Å². The molecule has 0 aromatic heterocycles. The van der Waals surface area contributed by atoms with E-state index in [1.54, 1.807) is 32.7 Å². The SMILES string of the molecule is CCCC(NC(=O)C(CS(C)(=O)=O)N(C)CC)C(=O)C(=O)NCC(=O)NC(C)c1ccccc1. The summed E-state index contributed by atoms with van der Waals surface area (Å²) < 4.78 is 23.5. The number of hydrogen-bond donors (Lipinski definition) is 3. The Kier molecular flexibility index (Phi) is 11.9. The molecule has 0 heterocycles. The first kappa shape index (κ1) is 29.2. The van der Waals surface area contributed by atoms with Gasteiger partial charge in [0, 0.05) is 6.26 Å². The summed E-state index contributed by atoms with van der Waals surface area (Å²) in [5.41, 5.74) is 0.893. The second-order valence-corrected chi connectivity index (χ2v) is 10.5. The molecule has 3 amide bonds. The number of carbonyl (C=O) groups is 4. The normalized spacial score (nSPS) is 14.1. The van der Waals surface area contributed by atoms with Crippen molar-refractivity contribution in [3.8, 4) is 0 Å². The molecule has 1 rings (SSSR count). The predicted octanol–water partition coefficient (Wildman–Crippen LogP) is 0.199. The van der Waals surface area contributed by atoms with Crippen LogP contribution in [0.3, 0.4) is 0 Å². The quantitative estimate of drug-likeness (QED) is 0.312. The summed E-state index contributed by atoms with van der Waals surface area (Å²) in [7, 11) is -1.86. The zero-order chi connectivity index (χ0) is 25.9. The number of hydrogen-bond acceptors (Lipinski definition) is 7. The Morgan fingerprint density at radius 1 is 1.03 bits per heavy atom. The summed E-state index contributed by atoms with van der Waals surface area (Å²) in [6, 6.07) is 6.86. The van der Waals surface area contributed by atoms with Crippen LogP contribution in [0.5, 0.6) is 0 Å². The van der Waals surface area contributed by atoms with Crippen LogP contribution in [0.2, 0.25) is 0 Å². The lowest BCUT2D eigenvalue weighted by atomic mass is 10.1. The number of benzene rings is 1. The second-order valence-electron chi connectivity index (χ2n) is 8.28. The molecule has 34 heavy (non-hydrogen) atoms. The number of rotatable bonds is 14. The molecule has 0 radical (unpaired) electrons. The van der Waals surface area contributed by atoms with Gasteiger partial charge in [-0.2, -0.15) is 0 Å². The minimum absolute atomic E-state index is 0.191. The fourth-order valence-corrected chi connectivity index (χ4v) is 4.24. The molecule has 3 N–H and O–H groups in total. The van der Waals surface area contributed by atoms with Crippen LogP contribution in [0, 0.1) is 0 Å². The number of nitrogens with one attached hydrogen (secondary N) is 3. The molecular weight excluding hydrogens is 460 g/mol. The summed E-state index contributed by atoms with van der Waals surface area (Å²) in [5.74, 6) is -3.42. The Bertz CT molecular complexity index is 951. The lowest BCUT2D eigenvalue weighted by molar-refractivity contribution is -0.141. The molecule has 0 spiro atoms. The molecule has 1 aromatic carbocycles. The number of amides is 3. The van der Waals surface area contributed by atoms with E-state index in [0.29, 0.717) is 13.0 Å². The van der Waals surface area contributed by atoms with E-state index >= 15 is 0 Å². The van der Waals surface area contributed by atoms with Crippen molar-refractivity contribution in [2.45, 2.75) is 51.7 Å². The molecule has 10 nitrogen and oxygen atoms in total. The lowest BCUT2D eigenvalue weighted by Gasteiger charge is -2.27. The van der Waals surface area contributed by atoms with Gasteiger partial charge in [-0.05, 0) is 32.5 Å². The molecular formula is C23H36N4O6S. The first-order valence-corrected chi connectivity index (χ1v) is 13.3. The summed E-state index contributed by atoms with van der Waals surface area (Å²) in [4.78, 5) is 51.6. The van der Waals surface area contributed by atoms with Gasteiger partial charge >= 0.3 is 0 Å².